The van der Waals surface area contributed by atoms with Gasteiger partial charge in [-0.05, 0) is 49.1 Å². The fourth-order valence-corrected chi connectivity index (χ4v) is 6.64. The lowest BCUT2D eigenvalue weighted by Crippen LogP contribution is -2.40. The first kappa shape index (κ1) is 30.8. The van der Waals surface area contributed by atoms with E-state index in [0.717, 1.165) is 16.0 Å². The Bertz CT molecular complexity index is 2160. The standard InChI is InChI=1S/C34H27N3O7S2/c1-4-43-33(39)29-30(20-8-6-5-7-9-20)35-34-36(31(29)21-10-14-24(45-3)15-11-21)32(38)28(46-34)19-23-13-17-27(44-23)25-18-22(37(40)41)12-16-26(25)42-2/h5-19,31H,4H2,1-3H3/b28-19-/t31-/m0/s1. The molecule has 1 aliphatic heterocycles. The molecule has 10 nitrogen and oxygen atoms in total. The third kappa shape index (κ3) is 5.80. The molecule has 0 spiro atoms. The monoisotopic (exact) mass is 653 g/mol. The molecule has 0 saturated carbocycles. The van der Waals surface area contributed by atoms with Gasteiger partial charge >= 0.3 is 5.97 Å². The highest BCUT2D eigenvalue weighted by molar-refractivity contribution is 7.98. The lowest BCUT2D eigenvalue weighted by atomic mass is 9.93. The SMILES string of the molecule is CCOC(=O)C1=C(c2ccccc2)N=c2s/c(=C\c3ccc(-c4cc([N+](=O)[O-])ccc4OC)o3)c(=O)n2[C@H]1c1ccc(SC)cc1. The van der Waals surface area contributed by atoms with Gasteiger partial charge in [0.05, 0.1) is 46.0 Å². The number of thiazole rings is 1. The summed E-state index contributed by atoms with van der Waals surface area (Å²) < 4.78 is 18.8. The molecule has 0 bridgehead atoms. The lowest BCUT2D eigenvalue weighted by molar-refractivity contribution is -0.384. The Kier molecular flexibility index (Phi) is 8.73. The number of esters is 1. The van der Waals surface area contributed by atoms with E-state index in [1.165, 1.54) is 41.2 Å². The molecule has 46 heavy (non-hydrogen) atoms. The van der Waals surface area contributed by atoms with Crippen molar-refractivity contribution in [1.82, 2.24) is 4.57 Å². The number of nitro benzene ring substituents is 1. The number of carbonyl (C=O) groups excluding carboxylic acids is 1. The molecule has 0 N–H and O–H groups in total. The zero-order chi connectivity index (χ0) is 32.4. The summed E-state index contributed by atoms with van der Waals surface area (Å²) in [5.74, 6) is 0.531. The van der Waals surface area contributed by atoms with Crippen LogP contribution in [0.1, 0.15) is 29.9 Å². The van der Waals surface area contributed by atoms with E-state index >= 15 is 0 Å². The molecule has 12 heteroatoms. The maximum absolute atomic E-state index is 14.2. The predicted molar refractivity (Wildman–Crippen MR) is 177 cm³/mol. The number of benzene rings is 3. The summed E-state index contributed by atoms with van der Waals surface area (Å²) >= 11 is 2.76. The molecule has 0 saturated heterocycles. The molecular formula is C34H27N3O7S2. The van der Waals surface area contributed by atoms with Gasteiger partial charge in [0.2, 0.25) is 0 Å². The zero-order valence-electron chi connectivity index (χ0n) is 25.0. The van der Waals surface area contributed by atoms with Crippen LogP contribution in [-0.4, -0.2) is 35.4 Å². The maximum atomic E-state index is 14.2. The largest absolute Gasteiger partial charge is 0.496 e. The molecule has 3 heterocycles. The van der Waals surface area contributed by atoms with Gasteiger partial charge in [-0.25, -0.2) is 9.79 Å². The number of thioether (sulfide) groups is 1. The Labute approximate surface area is 271 Å². The fourth-order valence-electron chi connectivity index (χ4n) is 5.25. The van der Waals surface area contributed by atoms with Crippen molar-refractivity contribution in [2.45, 2.75) is 17.9 Å². The van der Waals surface area contributed by atoms with Crippen LogP contribution in [0.2, 0.25) is 0 Å². The third-order valence-corrected chi connectivity index (χ3v) is 9.09. The van der Waals surface area contributed by atoms with Gasteiger partial charge in [-0.1, -0.05) is 53.8 Å². The molecule has 0 fully saturated rings. The van der Waals surface area contributed by atoms with Crippen LogP contribution in [0.25, 0.3) is 23.1 Å². The molecule has 3 aromatic carbocycles. The number of nitrogens with zero attached hydrogens (tertiary/aromatic N) is 3. The summed E-state index contributed by atoms with van der Waals surface area (Å²) in [6, 6.07) is 23.8. The Morgan fingerprint density at radius 1 is 1.11 bits per heavy atom. The number of ether oxygens (including phenoxy) is 2. The second-order valence-corrected chi connectivity index (χ2v) is 11.9. The van der Waals surface area contributed by atoms with Crippen molar-refractivity contribution in [2.75, 3.05) is 20.0 Å². The molecule has 0 aliphatic carbocycles. The molecule has 6 rings (SSSR count). The van der Waals surface area contributed by atoms with E-state index in [-0.39, 0.29) is 23.4 Å². The summed E-state index contributed by atoms with van der Waals surface area (Å²) in [6.45, 7) is 1.89. The van der Waals surface area contributed by atoms with Gasteiger partial charge in [-0.3, -0.25) is 19.5 Å². The van der Waals surface area contributed by atoms with Crippen molar-refractivity contribution in [3.8, 4) is 17.1 Å². The van der Waals surface area contributed by atoms with Crippen LogP contribution in [0.15, 0.2) is 110 Å². The van der Waals surface area contributed by atoms with Gasteiger partial charge in [0.25, 0.3) is 11.2 Å². The highest BCUT2D eigenvalue weighted by Crippen LogP contribution is 2.36. The Morgan fingerprint density at radius 3 is 2.54 bits per heavy atom. The van der Waals surface area contributed by atoms with E-state index in [9.17, 15) is 19.7 Å². The van der Waals surface area contributed by atoms with Gasteiger partial charge < -0.3 is 13.9 Å². The van der Waals surface area contributed by atoms with Crippen LogP contribution >= 0.6 is 23.1 Å². The van der Waals surface area contributed by atoms with E-state index in [4.69, 9.17) is 18.9 Å². The number of aromatic nitrogens is 1. The molecule has 0 amide bonds. The number of methoxy groups -OCH3 is 1. The minimum Gasteiger partial charge on any atom is -0.496 e. The second kappa shape index (κ2) is 13.0. The highest BCUT2D eigenvalue weighted by Gasteiger charge is 2.35. The number of hydrogen-bond acceptors (Lipinski definition) is 10. The van der Waals surface area contributed by atoms with Crippen LogP contribution in [0.4, 0.5) is 5.69 Å². The predicted octanol–water partition coefficient (Wildman–Crippen LogP) is 5.83. The maximum Gasteiger partial charge on any atom is 0.338 e. The Morgan fingerprint density at radius 2 is 1.87 bits per heavy atom. The number of furan rings is 1. The minimum atomic E-state index is -0.801. The van der Waals surface area contributed by atoms with Gasteiger partial charge in [0.15, 0.2) is 4.80 Å². The van der Waals surface area contributed by atoms with E-state index in [0.29, 0.717) is 37.9 Å². The average molecular weight is 654 g/mol. The first-order chi connectivity index (χ1) is 22.3. The van der Waals surface area contributed by atoms with Crippen molar-refractivity contribution >= 4 is 46.5 Å². The fraction of sp³-hybridized carbons (Fsp3) is 0.147. The smallest absolute Gasteiger partial charge is 0.338 e. The van der Waals surface area contributed by atoms with Crippen molar-refractivity contribution in [3.05, 3.63) is 137 Å². The lowest BCUT2D eigenvalue weighted by Gasteiger charge is -2.26. The number of nitro groups is 1. The average Bonchev–Trinajstić information content (AvgIpc) is 3.67. The van der Waals surface area contributed by atoms with Crippen LogP contribution in [-0.2, 0) is 9.53 Å². The van der Waals surface area contributed by atoms with Gasteiger partial charge in [-0.15, -0.1) is 11.8 Å². The molecular weight excluding hydrogens is 627 g/mol. The number of rotatable bonds is 9. The molecule has 232 valence electrons. The molecule has 1 atom stereocenters. The van der Waals surface area contributed by atoms with Crippen molar-refractivity contribution in [3.63, 3.8) is 0 Å². The molecule has 0 radical (unpaired) electrons. The summed E-state index contributed by atoms with van der Waals surface area (Å²) in [4.78, 5) is 45.0. The van der Waals surface area contributed by atoms with Gasteiger partial charge in [-0.2, -0.15) is 0 Å². The topological polar surface area (TPSA) is 126 Å². The van der Waals surface area contributed by atoms with Gasteiger partial charge in [0, 0.05) is 28.7 Å². The van der Waals surface area contributed by atoms with E-state index < -0.39 is 16.9 Å². The normalized spacial score (nSPS) is 14.5. The van der Waals surface area contributed by atoms with Crippen LogP contribution in [0, 0.1) is 10.1 Å². The van der Waals surface area contributed by atoms with E-state index in [1.807, 2.05) is 60.9 Å². The Hall–Kier alpha value is -5.20. The second-order valence-electron chi connectivity index (χ2n) is 10.0. The van der Waals surface area contributed by atoms with Crippen molar-refractivity contribution in [1.29, 1.82) is 0 Å². The van der Waals surface area contributed by atoms with Crippen LogP contribution < -0.4 is 19.6 Å². The Balaban J connectivity index is 1.54. The molecule has 1 aliphatic rings. The molecule has 2 aromatic heterocycles. The summed E-state index contributed by atoms with van der Waals surface area (Å²) in [7, 11) is 1.47. The van der Waals surface area contributed by atoms with E-state index in [2.05, 4.69) is 0 Å². The summed E-state index contributed by atoms with van der Waals surface area (Å²) in [6.07, 6.45) is 3.58. The van der Waals surface area contributed by atoms with Crippen molar-refractivity contribution in [2.24, 2.45) is 4.99 Å². The number of non-ortho nitro benzene ring substituents is 1. The first-order valence-electron chi connectivity index (χ1n) is 14.2. The number of fused-ring (bicyclic) bond motifs is 1. The zero-order valence-corrected chi connectivity index (χ0v) is 26.6. The highest BCUT2D eigenvalue weighted by atomic mass is 32.2. The number of hydrogen-bond donors (Lipinski definition) is 0. The summed E-state index contributed by atoms with van der Waals surface area (Å²) in [5.41, 5.74) is 2.08. The van der Waals surface area contributed by atoms with Crippen LogP contribution in [0.5, 0.6) is 5.75 Å². The molecule has 0 unspecified atom stereocenters. The molecule has 5 aromatic rings. The van der Waals surface area contributed by atoms with Gasteiger partial charge in [0.1, 0.15) is 17.3 Å². The van der Waals surface area contributed by atoms with Crippen LogP contribution in [0.3, 0.4) is 0 Å². The quantitative estimate of drug-likeness (QED) is 0.0842. The first-order valence-corrected chi connectivity index (χ1v) is 16.2. The number of carbonyl (C=O) groups is 1. The minimum absolute atomic E-state index is 0.112. The third-order valence-electron chi connectivity index (χ3n) is 7.36. The van der Waals surface area contributed by atoms with E-state index in [1.54, 1.807) is 36.9 Å². The van der Waals surface area contributed by atoms with Crippen molar-refractivity contribution < 1.29 is 23.6 Å². The summed E-state index contributed by atoms with van der Waals surface area (Å²) in [5, 5.41) is 11.4.